The number of hydrogen-bond acceptors (Lipinski definition) is 4. The maximum atomic E-state index is 6.62. The molecule has 0 fully saturated rings. The van der Waals surface area contributed by atoms with Crippen LogP contribution in [-0.2, 0) is 0 Å². The van der Waals surface area contributed by atoms with Gasteiger partial charge < -0.3 is 23.4 Å². The van der Waals surface area contributed by atoms with Crippen molar-refractivity contribution in [3.8, 4) is 28.2 Å². The molecule has 4 aromatic heterocycles. The van der Waals surface area contributed by atoms with Crippen LogP contribution >= 0.6 is 0 Å². The molecule has 1 aliphatic rings. The van der Waals surface area contributed by atoms with Gasteiger partial charge in [0.05, 0.1) is 33.1 Å². The molecular weight excluding hydrogens is 977 g/mol. The number of aromatic nitrogens is 3. The molecule has 0 radical (unpaired) electrons. The molecule has 5 heterocycles. The van der Waals surface area contributed by atoms with Crippen molar-refractivity contribution in [3.63, 3.8) is 0 Å². The minimum absolute atomic E-state index is 0.509. The van der Waals surface area contributed by atoms with Crippen LogP contribution in [-0.4, -0.2) is 25.4 Å². The summed E-state index contributed by atoms with van der Waals surface area (Å²) < 4.78 is 13.8. The highest BCUT2D eigenvalue weighted by molar-refractivity contribution is 6.21. The predicted molar refractivity (Wildman–Crippen MR) is 332 cm³/mol. The average molecular weight is 1020 g/mol. The summed E-state index contributed by atoms with van der Waals surface area (Å²) in [5.41, 5.74) is 16.7. The summed E-state index contributed by atoms with van der Waals surface area (Å²) in [4.78, 5) is 11.4. The molecule has 16 aromatic rings. The molecule has 0 bridgehead atoms. The van der Waals surface area contributed by atoms with Crippen LogP contribution in [0, 0.1) is 0 Å². The fourth-order valence-electron chi connectivity index (χ4n) is 12.9. The van der Waals surface area contributed by atoms with E-state index in [1.165, 1.54) is 32.3 Å². The third-order valence-corrected chi connectivity index (χ3v) is 16.5. The highest BCUT2D eigenvalue weighted by Gasteiger charge is 2.27. The van der Waals surface area contributed by atoms with Gasteiger partial charge in [-0.1, -0.05) is 152 Å². The Bertz CT molecular complexity index is 5290. The number of benzene rings is 12. The van der Waals surface area contributed by atoms with Gasteiger partial charge in [-0.15, -0.1) is 0 Å². The van der Waals surface area contributed by atoms with Gasteiger partial charge in [-0.2, -0.15) is 0 Å². The van der Waals surface area contributed by atoms with Crippen LogP contribution < -0.4 is 5.32 Å². The first kappa shape index (κ1) is 44.4. The highest BCUT2D eigenvalue weighted by atomic mass is 16.3. The Balaban J connectivity index is 0.921. The molecule has 7 nitrogen and oxygen atoms in total. The molecular formula is C73H46N6O. The summed E-state index contributed by atoms with van der Waals surface area (Å²) in [5.74, 6) is 1.36. The zero-order chi connectivity index (χ0) is 52.4. The third kappa shape index (κ3) is 6.74. The summed E-state index contributed by atoms with van der Waals surface area (Å²) in [7, 11) is 0. The largest absolute Gasteiger partial charge is 0.456 e. The molecule has 374 valence electrons. The van der Waals surface area contributed by atoms with Gasteiger partial charge in [0.2, 0.25) is 0 Å². The summed E-state index contributed by atoms with van der Waals surface area (Å²) in [6.07, 6.45) is -0.509. The van der Waals surface area contributed by atoms with Gasteiger partial charge in [0.1, 0.15) is 23.2 Å². The van der Waals surface area contributed by atoms with Crippen molar-refractivity contribution >= 4 is 110 Å². The van der Waals surface area contributed by atoms with Crippen molar-refractivity contribution in [1.82, 2.24) is 19.0 Å². The number of para-hydroxylation sites is 6. The number of fused-ring (bicyclic) bond motifs is 13. The monoisotopic (exact) mass is 1020 g/mol. The van der Waals surface area contributed by atoms with Crippen molar-refractivity contribution in [2.75, 3.05) is 0 Å². The lowest BCUT2D eigenvalue weighted by molar-refractivity contribution is 0.669. The van der Waals surface area contributed by atoms with Gasteiger partial charge >= 0.3 is 0 Å². The van der Waals surface area contributed by atoms with E-state index in [-0.39, 0.29) is 0 Å². The molecule has 17 rings (SSSR count). The van der Waals surface area contributed by atoms with Crippen LogP contribution in [0.2, 0.25) is 0 Å². The molecule has 0 saturated heterocycles. The quantitative estimate of drug-likeness (QED) is 0.173. The van der Waals surface area contributed by atoms with Crippen LogP contribution in [0.15, 0.2) is 281 Å². The predicted octanol–water partition coefficient (Wildman–Crippen LogP) is 18.2. The number of hydrogen-bond donors (Lipinski definition) is 1. The second kappa shape index (κ2) is 17.4. The first-order chi connectivity index (χ1) is 39.7. The molecule has 7 heteroatoms. The van der Waals surface area contributed by atoms with Gasteiger partial charge in [-0.3, -0.25) is 0 Å². The summed E-state index contributed by atoms with van der Waals surface area (Å²) in [6, 6.07) is 95.8. The van der Waals surface area contributed by atoms with E-state index in [0.29, 0.717) is 5.84 Å². The molecule has 0 amide bonds. The minimum Gasteiger partial charge on any atom is -0.456 e. The van der Waals surface area contributed by atoms with E-state index in [1.54, 1.807) is 0 Å². The Kier molecular flexibility index (Phi) is 9.64. The lowest BCUT2D eigenvalue weighted by atomic mass is 9.93. The first-order valence-electron chi connectivity index (χ1n) is 27.2. The molecule has 1 unspecified atom stereocenters. The molecule has 1 N–H and O–H groups in total. The van der Waals surface area contributed by atoms with Crippen LogP contribution in [0.4, 0.5) is 0 Å². The number of aliphatic imine (C=N–C) groups is 2. The van der Waals surface area contributed by atoms with E-state index in [1.807, 2.05) is 6.07 Å². The van der Waals surface area contributed by atoms with Crippen molar-refractivity contribution in [1.29, 1.82) is 0 Å². The molecule has 0 saturated carbocycles. The van der Waals surface area contributed by atoms with E-state index in [2.05, 4.69) is 280 Å². The number of nitrogens with zero attached hydrogens (tertiary/aromatic N) is 5. The van der Waals surface area contributed by atoms with E-state index in [9.17, 15) is 0 Å². The Morgan fingerprint density at radius 2 is 0.875 bits per heavy atom. The lowest BCUT2D eigenvalue weighted by Crippen LogP contribution is -2.33. The third-order valence-electron chi connectivity index (χ3n) is 16.5. The van der Waals surface area contributed by atoms with Crippen molar-refractivity contribution in [3.05, 3.63) is 284 Å². The maximum absolute atomic E-state index is 6.62. The SMILES string of the molecule is c1ccc(-n2c3ccccc3c3cc(C4=NC(c5ccc(-n6c7ccccc7c7cc8ccccc8cc76)cc5-c5cccc6oc7ccccc7c56)=NC(c5ccc6c(c5)c5ccccc5n6-c5ccccc5)N4)ccc32)cc1. The molecule has 12 aromatic carbocycles. The lowest BCUT2D eigenvalue weighted by Gasteiger charge is -2.25. The van der Waals surface area contributed by atoms with Gasteiger partial charge in [0.15, 0.2) is 5.84 Å². The fraction of sp³-hybridized carbons (Fsp3) is 0.0137. The fourth-order valence-corrected chi connectivity index (χ4v) is 12.9. The second-order valence-electron chi connectivity index (χ2n) is 20.9. The van der Waals surface area contributed by atoms with Crippen molar-refractivity contribution in [2.45, 2.75) is 6.17 Å². The smallest absolute Gasteiger partial charge is 0.160 e. The Morgan fingerprint density at radius 1 is 0.338 bits per heavy atom. The topological polar surface area (TPSA) is 64.7 Å². The Morgan fingerprint density at radius 3 is 1.56 bits per heavy atom. The van der Waals surface area contributed by atoms with E-state index in [0.717, 1.165) is 117 Å². The van der Waals surface area contributed by atoms with E-state index < -0.39 is 6.17 Å². The molecule has 0 aliphatic carbocycles. The zero-order valence-electron chi connectivity index (χ0n) is 43.1. The Labute approximate surface area is 458 Å². The van der Waals surface area contributed by atoms with E-state index in [4.69, 9.17) is 14.4 Å². The molecule has 1 atom stereocenters. The van der Waals surface area contributed by atoms with Gasteiger partial charge in [-0.05, 0) is 143 Å². The highest BCUT2D eigenvalue weighted by Crippen LogP contribution is 2.43. The number of nitrogens with one attached hydrogen (secondary N) is 1. The normalized spacial score (nSPS) is 13.9. The van der Waals surface area contributed by atoms with Crippen LogP contribution in [0.1, 0.15) is 22.9 Å². The van der Waals surface area contributed by atoms with E-state index >= 15 is 0 Å². The number of furan rings is 1. The zero-order valence-corrected chi connectivity index (χ0v) is 43.1. The molecule has 1 aliphatic heterocycles. The summed E-state index contributed by atoms with van der Waals surface area (Å²) in [5, 5.41) is 15.5. The molecule has 80 heavy (non-hydrogen) atoms. The first-order valence-corrected chi connectivity index (χ1v) is 27.2. The molecule has 0 spiro atoms. The van der Waals surface area contributed by atoms with Crippen molar-refractivity contribution < 1.29 is 4.42 Å². The summed E-state index contributed by atoms with van der Waals surface area (Å²) in [6.45, 7) is 0. The minimum atomic E-state index is -0.509. The second-order valence-corrected chi connectivity index (χ2v) is 20.9. The van der Waals surface area contributed by atoms with Gasteiger partial charge in [0.25, 0.3) is 0 Å². The summed E-state index contributed by atoms with van der Waals surface area (Å²) >= 11 is 0. The standard InChI is InChI=1S/C73H46N6O/c1-3-20-49(21-4-1)77-62-29-13-9-24-52(62)59-41-47(34-38-65(59)77)71-74-72(48-35-39-66-60(42-48)53-25-10-14-30-63(53)78(66)50-22-5-2-6-23-50)76-73(75-71)56-37-36-51(44-58(56)55-28-17-33-69-70(55)57-27-12-16-32-68(57)80-69)79-64-31-15-11-26-54(64)61-40-45-18-7-8-19-46(45)43-67(61)79/h1-44,71H,(H,74,75,76). The van der Waals surface area contributed by atoms with Crippen LogP contribution in [0.3, 0.4) is 0 Å². The Hall–Kier alpha value is -10.8. The van der Waals surface area contributed by atoms with Gasteiger partial charge in [0, 0.05) is 71.3 Å². The number of amidine groups is 2. The number of rotatable bonds is 7. The maximum Gasteiger partial charge on any atom is 0.160 e. The average Bonchev–Trinajstić information content (AvgIpc) is 4.42. The van der Waals surface area contributed by atoms with Gasteiger partial charge in [-0.25, -0.2) is 9.98 Å². The van der Waals surface area contributed by atoms with Crippen LogP contribution in [0.5, 0.6) is 0 Å². The van der Waals surface area contributed by atoms with Crippen molar-refractivity contribution in [2.24, 2.45) is 9.98 Å². The van der Waals surface area contributed by atoms with Crippen LogP contribution in [0.25, 0.3) is 126 Å².